The molecular weight excluding hydrogens is 470 g/mol. The first kappa shape index (κ1) is 20.3. The zero-order valence-electron chi connectivity index (χ0n) is 13.9. The van der Waals surface area contributed by atoms with Crippen molar-refractivity contribution in [3.05, 3.63) is 62.5 Å². The molecule has 2 N–H and O–H groups in total. The Morgan fingerprint density at radius 3 is 2.23 bits per heavy atom. The van der Waals surface area contributed by atoms with Crippen LogP contribution in [0, 0.1) is 0 Å². The number of phenolic OH excluding ortho intramolecular Hbond substituents is 1. The SMILES string of the molecule is CN(C(=O)OCc1ccccc1)C(Cc1cc(Br)c(O)c(Br)c1)C(=O)O. The Balaban J connectivity index is 2.08. The van der Waals surface area contributed by atoms with Gasteiger partial charge in [0.1, 0.15) is 18.4 Å². The first-order valence-electron chi connectivity index (χ1n) is 7.62. The maximum absolute atomic E-state index is 12.2. The fourth-order valence-corrected chi connectivity index (χ4v) is 3.58. The highest BCUT2D eigenvalue weighted by molar-refractivity contribution is 9.11. The van der Waals surface area contributed by atoms with Gasteiger partial charge in [-0.25, -0.2) is 9.59 Å². The minimum Gasteiger partial charge on any atom is -0.506 e. The topological polar surface area (TPSA) is 87.1 Å². The lowest BCUT2D eigenvalue weighted by atomic mass is 10.1. The molecule has 0 bridgehead atoms. The number of likely N-dealkylation sites (N-methyl/N-ethyl adjacent to an activating group) is 1. The fraction of sp³-hybridized carbons (Fsp3) is 0.222. The number of rotatable bonds is 6. The average Bonchev–Trinajstić information content (AvgIpc) is 2.62. The van der Waals surface area contributed by atoms with E-state index in [0.717, 1.165) is 10.5 Å². The molecule has 0 aliphatic rings. The van der Waals surface area contributed by atoms with E-state index >= 15 is 0 Å². The summed E-state index contributed by atoms with van der Waals surface area (Å²) in [5.41, 5.74) is 1.45. The third-order valence-electron chi connectivity index (χ3n) is 3.75. The summed E-state index contributed by atoms with van der Waals surface area (Å²) >= 11 is 6.42. The molecule has 1 amide bonds. The summed E-state index contributed by atoms with van der Waals surface area (Å²) in [5.74, 6) is -1.12. The van der Waals surface area contributed by atoms with Gasteiger partial charge in [-0.15, -0.1) is 0 Å². The number of carbonyl (C=O) groups is 2. The molecule has 8 heteroatoms. The van der Waals surface area contributed by atoms with Crippen molar-refractivity contribution in [2.24, 2.45) is 0 Å². The summed E-state index contributed by atoms with van der Waals surface area (Å²) in [7, 11) is 1.39. The monoisotopic (exact) mass is 485 g/mol. The molecule has 138 valence electrons. The predicted molar refractivity (Wildman–Crippen MR) is 103 cm³/mol. The van der Waals surface area contributed by atoms with Crippen LogP contribution < -0.4 is 0 Å². The molecule has 0 saturated carbocycles. The summed E-state index contributed by atoms with van der Waals surface area (Å²) in [6, 6.07) is 11.2. The van der Waals surface area contributed by atoms with E-state index in [1.54, 1.807) is 12.1 Å². The van der Waals surface area contributed by atoms with E-state index in [0.29, 0.717) is 14.5 Å². The van der Waals surface area contributed by atoms with E-state index in [2.05, 4.69) is 31.9 Å². The van der Waals surface area contributed by atoms with Gasteiger partial charge in [-0.05, 0) is 55.1 Å². The number of aliphatic carboxylic acids is 1. The molecule has 0 spiro atoms. The van der Waals surface area contributed by atoms with E-state index in [1.165, 1.54) is 7.05 Å². The van der Waals surface area contributed by atoms with E-state index in [4.69, 9.17) is 4.74 Å². The number of carboxylic acids is 1. The lowest BCUT2D eigenvalue weighted by molar-refractivity contribution is -0.142. The molecule has 0 fully saturated rings. The Hall–Kier alpha value is -2.06. The molecule has 2 aromatic carbocycles. The summed E-state index contributed by atoms with van der Waals surface area (Å²) in [6.45, 7) is 0.0622. The van der Waals surface area contributed by atoms with Gasteiger partial charge in [0.2, 0.25) is 0 Å². The molecule has 0 saturated heterocycles. The standard InChI is InChI=1S/C18H17Br2NO5/c1-21(18(25)26-10-11-5-3-2-4-6-11)15(17(23)24)9-12-7-13(19)16(22)14(20)8-12/h2-8,15,22H,9-10H2,1H3,(H,23,24). The maximum atomic E-state index is 12.2. The zero-order valence-corrected chi connectivity index (χ0v) is 17.0. The number of ether oxygens (including phenoxy) is 1. The van der Waals surface area contributed by atoms with Crippen molar-refractivity contribution < 1.29 is 24.5 Å². The molecular formula is C18H17Br2NO5. The van der Waals surface area contributed by atoms with Crippen molar-refractivity contribution in [2.75, 3.05) is 7.05 Å². The first-order chi connectivity index (χ1) is 12.3. The number of hydrogen-bond donors (Lipinski definition) is 2. The second kappa shape index (κ2) is 9.05. The van der Waals surface area contributed by atoms with E-state index in [9.17, 15) is 19.8 Å². The van der Waals surface area contributed by atoms with Gasteiger partial charge in [0, 0.05) is 13.5 Å². The van der Waals surface area contributed by atoms with Gasteiger partial charge in [0.15, 0.2) is 0 Å². The van der Waals surface area contributed by atoms with Crippen LogP contribution in [0.2, 0.25) is 0 Å². The Bertz CT molecular complexity index is 774. The predicted octanol–water partition coefficient (Wildman–Crippen LogP) is 4.18. The van der Waals surface area contributed by atoms with Gasteiger partial charge in [-0.1, -0.05) is 30.3 Å². The molecule has 1 atom stereocenters. The number of benzene rings is 2. The molecule has 0 aromatic heterocycles. The van der Waals surface area contributed by atoms with Gasteiger partial charge in [-0.2, -0.15) is 0 Å². The number of hydrogen-bond acceptors (Lipinski definition) is 4. The van der Waals surface area contributed by atoms with Crippen LogP contribution in [0.5, 0.6) is 5.75 Å². The quantitative estimate of drug-likeness (QED) is 0.639. The third-order valence-corrected chi connectivity index (χ3v) is 4.96. The number of nitrogens with zero attached hydrogens (tertiary/aromatic N) is 1. The Kier molecular flexibility index (Phi) is 7.05. The second-order valence-electron chi connectivity index (χ2n) is 5.62. The Morgan fingerprint density at radius 2 is 1.69 bits per heavy atom. The Labute approximate surface area is 167 Å². The van der Waals surface area contributed by atoms with Crippen LogP contribution in [0.4, 0.5) is 4.79 Å². The highest BCUT2D eigenvalue weighted by Gasteiger charge is 2.28. The zero-order chi connectivity index (χ0) is 19.3. The van der Waals surface area contributed by atoms with Crippen LogP contribution in [-0.2, 0) is 22.6 Å². The van der Waals surface area contributed by atoms with Crippen molar-refractivity contribution in [3.8, 4) is 5.75 Å². The normalized spacial score (nSPS) is 11.7. The highest BCUT2D eigenvalue weighted by Crippen LogP contribution is 2.33. The summed E-state index contributed by atoms with van der Waals surface area (Å²) < 4.78 is 6.05. The third kappa shape index (κ3) is 5.22. The molecule has 26 heavy (non-hydrogen) atoms. The average molecular weight is 487 g/mol. The smallest absolute Gasteiger partial charge is 0.410 e. The number of aromatic hydroxyl groups is 1. The van der Waals surface area contributed by atoms with Gasteiger partial charge < -0.3 is 14.9 Å². The highest BCUT2D eigenvalue weighted by atomic mass is 79.9. The number of phenols is 1. The first-order valence-corrected chi connectivity index (χ1v) is 9.21. The lowest BCUT2D eigenvalue weighted by Gasteiger charge is -2.24. The minimum atomic E-state index is -1.15. The maximum Gasteiger partial charge on any atom is 0.410 e. The van der Waals surface area contributed by atoms with Gasteiger partial charge >= 0.3 is 12.1 Å². The largest absolute Gasteiger partial charge is 0.506 e. The van der Waals surface area contributed by atoms with Crippen LogP contribution >= 0.6 is 31.9 Å². The summed E-state index contributed by atoms with van der Waals surface area (Å²) in [5, 5.41) is 19.3. The van der Waals surface area contributed by atoms with Gasteiger partial charge in [0.05, 0.1) is 8.95 Å². The van der Waals surface area contributed by atoms with Gasteiger partial charge in [0.25, 0.3) is 0 Å². The molecule has 6 nitrogen and oxygen atoms in total. The number of carbonyl (C=O) groups excluding carboxylic acids is 1. The van der Waals surface area contributed by atoms with Crippen LogP contribution in [0.15, 0.2) is 51.4 Å². The summed E-state index contributed by atoms with van der Waals surface area (Å²) in [4.78, 5) is 24.9. The van der Waals surface area contributed by atoms with Gasteiger partial charge in [-0.3, -0.25) is 4.90 Å². The van der Waals surface area contributed by atoms with Crippen molar-refractivity contribution in [3.63, 3.8) is 0 Å². The van der Waals surface area contributed by atoms with E-state index in [1.807, 2.05) is 30.3 Å². The lowest BCUT2D eigenvalue weighted by Crippen LogP contribution is -2.44. The van der Waals surface area contributed by atoms with Crippen molar-refractivity contribution in [2.45, 2.75) is 19.1 Å². The molecule has 2 aromatic rings. The van der Waals surface area contributed by atoms with E-state index in [-0.39, 0.29) is 18.8 Å². The van der Waals surface area contributed by atoms with Crippen molar-refractivity contribution in [1.82, 2.24) is 4.90 Å². The number of halogens is 2. The summed E-state index contributed by atoms with van der Waals surface area (Å²) in [6.07, 6.45) is -0.665. The second-order valence-corrected chi connectivity index (χ2v) is 7.33. The minimum absolute atomic E-state index is 0.0243. The van der Waals surface area contributed by atoms with Crippen LogP contribution in [0.25, 0.3) is 0 Å². The molecule has 0 heterocycles. The van der Waals surface area contributed by atoms with E-state index < -0.39 is 18.1 Å². The number of carboxylic acid groups (broad SMARTS) is 1. The fourth-order valence-electron chi connectivity index (χ4n) is 2.30. The van der Waals surface area contributed by atoms with Crippen LogP contribution in [0.3, 0.4) is 0 Å². The van der Waals surface area contributed by atoms with Crippen molar-refractivity contribution >= 4 is 43.9 Å². The molecule has 0 radical (unpaired) electrons. The number of amides is 1. The van der Waals surface area contributed by atoms with Crippen molar-refractivity contribution in [1.29, 1.82) is 0 Å². The molecule has 0 aliphatic carbocycles. The van der Waals surface area contributed by atoms with Crippen LogP contribution in [0.1, 0.15) is 11.1 Å². The molecule has 1 unspecified atom stereocenters. The molecule has 0 aliphatic heterocycles. The Morgan fingerprint density at radius 1 is 1.12 bits per heavy atom. The molecule has 2 rings (SSSR count). The van der Waals surface area contributed by atoms with Crippen LogP contribution in [-0.4, -0.2) is 40.3 Å².